The van der Waals surface area contributed by atoms with E-state index in [9.17, 15) is 0 Å². The third-order valence-electron chi connectivity index (χ3n) is 3.21. The molecule has 0 amide bonds. The Hall–Kier alpha value is -0.651. The van der Waals surface area contributed by atoms with E-state index in [1.165, 1.54) is 33.9 Å². The van der Waals surface area contributed by atoms with E-state index in [1.807, 2.05) is 6.08 Å². The summed E-state index contributed by atoms with van der Waals surface area (Å²) in [5.74, 6) is 0. The average molecular weight is 438 g/mol. The van der Waals surface area contributed by atoms with Gasteiger partial charge in [0.1, 0.15) is 0 Å². The Labute approximate surface area is 134 Å². The largest absolute Gasteiger partial charge is 0.245 e. The summed E-state index contributed by atoms with van der Waals surface area (Å²) in [6, 6.07) is 0. The van der Waals surface area contributed by atoms with Crippen LogP contribution in [-0.2, 0) is 20.1 Å². The second kappa shape index (κ2) is 13.8. The number of hydrogen-bond acceptors (Lipinski definition) is 0. The second-order valence-electron chi connectivity index (χ2n) is 4.29. The van der Waals surface area contributed by atoms with E-state index in [4.69, 9.17) is 0 Å². The van der Waals surface area contributed by atoms with Gasteiger partial charge in [-0.1, -0.05) is 53.7 Å². The molecule has 1 aromatic carbocycles. The summed E-state index contributed by atoms with van der Waals surface area (Å²) in [7, 11) is 0. The van der Waals surface area contributed by atoms with Crippen LogP contribution in [0.1, 0.15) is 41.2 Å². The fourth-order valence-electron chi connectivity index (χ4n) is 1.57. The third-order valence-corrected chi connectivity index (χ3v) is 3.21. The Bertz CT molecular complexity index is 287. The van der Waals surface area contributed by atoms with Gasteiger partial charge in [-0.15, -0.1) is 0 Å². The van der Waals surface area contributed by atoms with Gasteiger partial charge in [-0.2, -0.15) is 27.8 Å². The molecular formula is C18H29Ir-2. The topological polar surface area (TPSA) is 0 Å². The van der Waals surface area contributed by atoms with E-state index in [2.05, 4.69) is 62.0 Å². The van der Waals surface area contributed by atoms with Crippen LogP contribution < -0.4 is 0 Å². The van der Waals surface area contributed by atoms with Gasteiger partial charge in [-0.3, -0.25) is 0 Å². The Morgan fingerprint density at radius 3 is 1.47 bits per heavy atom. The molecule has 0 aliphatic rings. The second-order valence-corrected chi connectivity index (χ2v) is 4.29. The first-order valence-electron chi connectivity index (χ1n) is 6.42. The van der Waals surface area contributed by atoms with Crippen LogP contribution in [0.25, 0.3) is 0 Å². The molecule has 1 heteroatoms. The van der Waals surface area contributed by atoms with E-state index in [0.717, 1.165) is 6.42 Å². The Morgan fingerprint density at radius 2 is 1.42 bits per heavy atom. The SMILES string of the molecule is C=C[CH2-].Cc1c(C)c(C)[c-](C)c1C.[CH2]/C=C/CC.[Ir]. The zero-order valence-electron chi connectivity index (χ0n) is 13.4. The molecule has 1 rings (SSSR count). The van der Waals surface area contributed by atoms with Crippen LogP contribution in [0.5, 0.6) is 0 Å². The minimum Gasteiger partial charge on any atom is -0.245 e. The van der Waals surface area contributed by atoms with E-state index in [1.54, 1.807) is 6.08 Å². The van der Waals surface area contributed by atoms with Gasteiger partial charge in [0, 0.05) is 20.1 Å². The maximum absolute atomic E-state index is 3.49. The van der Waals surface area contributed by atoms with E-state index in [0.29, 0.717) is 0 Å². The van der Waals surface area contributed by atoms with Crippen molar-refractivity contribution >= 4 is 0 Å². The fourth-order valence-corrected chi connectivity index (χ4v) is 1.57. The molecule has 19 heavy (non-hydrogen) atoms. The number of hydrogen-bond donors (Lipinski definition) is 0. The molecule has 0 fully saturated rings. The van der Waals surface area contributed by atoms with Gasteiger partial charge in [0.2, 0.25) is 0 Å². The van der Waals surface area contributed by atoms with Crippen LogP contribution in [-0.4, -0.2) is 0 Å². The first kappa shape index (κ1) is 23.4. The maximum atomic E-state index is 3.49. The molecule has 0 N–H and O–H groups in total. The van der Waals surface area contributed by atoms with Crippen molar-refractivity contribution in [3.8, 4) is 0 Å². The molecule has 0 spiro atoms. The Kier molecular flexibility index (Phi) is 17.0. The van der Waals surface area contributed by atoms with Crippen molar-refractivity contribution in [1.29, 1.82) is 0 Å². The molecule has 2 radical (unpaired) electrons. The zero-order chi connectivity index (χ0) is 14.7. The standard InChI is InChI=1S/C10H15.C5H9.C3H5.Ir/c1-6-7(2)9(4)10(5)8(6)3;1-3-5-4-2;1-3-2;/h1-5H3;3,5H,1,4H2,2H3;3H,1-2H2;/q-1;;-1;/b;5-3+;;. The van der Waals surface area contributed by atoms with E-state index < -0.39 is 0 Å². The quantitative estimate of drug-likeness (QED) is 0.492. The predicted molar refractivity (Wildman–Crippen MR) is 86.1 cm³/mol. The van der Waals surface area contributed by atoms with Gasteiger partial charge in [0.25, 0.3) is 0 Å². The summed E-state index contributed by atoms with van der Waals surface area (Å²) < 4.78 is 0. The van der Waals surface area contributed by atoms with Gasteiger partial charge in [-0.25, -0.2) is 19.6 Å². The summed E-state index contributed by atoms with van der Waals surface area (Å²) in [6.45, 7) is 23.1. The van der Waals surface area contributed by atoms with Crippen LogP contribution in [0.4, 0.5) is 0 Å². The summed E-state index contributed by atoms with van der Waals surface area (Å²) >= 11 is 0. The van der Waals surface area contributed by atoms with Gasteiger partial charge >= 0.3 is 0 Å². The molecule has 112 valence electrons. The third kappa shape index (κ3) is 8.97. The average Bonchev–Trinajstić information content (AvgIpc) is 2.51. The van der Waals surface area contributed by atoms with Crippen molar-refractivity contribution in [3.05, 3.63) is 66.5 Å². The summed E-state index contributed by atoms with van der Waals surface area (Å²) in [6.07, 6.45) is 6.42. The van der Waals surface area contributed by atoms with Crippen molar-refractivity contribution in [1.82, 2.24) is 0 Å². The molecule has 0 aliphatic carbocycles. The Balaban J connectivity index is -0.000000243. The number of allylic oxidation sites excluding steroid dienone is 3. The fraction of sp³-hybridized carbons (Fsp3) is 0.389. The predicted octanol–water partition coefficient (Wildman–Crippen LogP) is 5.74. The maximum Gasteiger partial charge on any atom is 0 e. The Morgan fingerprint density at radius 1 is 1.11 bits per heavy atom. The molecule has 0 unspecified atom stereocenters. The first-order valence-corrected chi connectivity index (χ1v) is 6.42. The summed E-state index contributed by atoms with van der Waals surface area (Å²) in [5.41, 5.74) is 7.34. The molecule has 0 nitrogen and oxygen atoms in total. The minimum atomic E-state index is 0. The molecule has 0 bridgehead atoms. The molecule has 0 aliphatic heterocycles. The minimum absolute atomic E-state index is 0. The van der Waals surface area contributed by atoms with Crippen LogP contribution >= 0.6 is 0 Å². The molecule has 0 atom stereocenters. The smallest absolute Gasteiger partial charge is 0 e. The number of rotatable bonds is 1. The van der Waals surface area contributed by atoms with Gasteiger partial charge in [0.05, 0.1) is 0 Å². The van der Waals surface area contributed by atoms with Crippen molar-refractivity contribution in [3.63, 3.8) is 0 Å². The molecule has 0 saturated carbocycles. The van der Waals surface area contributed by atoms with E-state index in [-0.39, 0.29) is 20.1 Å². The normalized spacial score (nSPS) is 8.79. The molecule has 0 heterocycles. The van der Waals surface area contributed by atoms with Gasteiger partial charge < -0.3 is 0 Å². The van der Waals surface area contributed by atoms with Crippen molar-refractivity contribution < 1.29 is 20.1 Å². The van der Waals surface area contributed by atoms with Crippen LogP contribution in [0.3, 0.4) is 0 Å². The van der Waals surface area contributed by atoms with Gasteiger partial charge in [-0.05, 0) is 13.3 Å². The molecule has 0 saturated heterocycles. The summed E-state index contributed by atoms with van der Waals surface area (Å²) in [4.78, 5) is 0. The zero-order valence-corrected chi connectivity index (χ0v) is 15.8. The van der Waals surface area contributed by atoms with Crippen molar-refractivity contribution in [2.75, 3.05) is 0 Å². The molecular weight excluding hydrogens is 408 g/mol. The van der Waals surface area contributed by atoms with Gasteiger partial charge in [0.15, 0.2) is 0 Å². The van der Waals surface area contributed by atoms with Crippen LogP contribution in [0, 0.1) is 48.5 Å². The first-order chi connectivity index (χ1) is 8.38. The van der Waals surface area contributed by atoms with E-state index >= 15 is 0 Å². The van der Waals surface area contributed by atoms with Crippen LogP contribution in [0.2, 0.25) is 0 Å². The summed E-state index contributed by atoms with van der Waals surface area (Å²) in [5, 5.41) is 0. The van der Waals surface area contributed by atoms with Crippen molar-refractivity contribution in [2.45, 2.75) is 48.0 Å². The van der Waals surface area contributed by atoms with Crippen molar-refractivity contribution in [2.24, 2.45) is 0 Å². The van der Waals surface area contributed by atoms with Crippen LogP contribution in [0.15, 0.2) is 24.8 Å². The molecule has 1 aromatic rings. The molecule has 0 aromatic heterocycles. The monoisotopic (exact) mass is 438 g/mol.